The van der Waals surface area contributed by atoms with Crippen LogP contribution >= 0.6 is 12.2 Å². The molecule has 7 nitrogen and oxygen atoms in total. The SMILES string of the molecule is O=C(CCN1C(=S)N[C@H](c2ccccn2)[C@H]1c1cccn1-c1ccccn1)Nc1ccccc1F. The second-order valence-electron chi connectivity index (χ2n) is 8.09. The van der Waals surface area contributed by atoms with Crippen LogP contribution in [0, 0.1) is 5.82 Å². The van der Waals surface area contributed by atoms with Crippen molar-refractivity contribution < 1.29 is 9.18 Å². The van der Waals surface area contributed by atoms with E-state index in [1.165, 1.54) is 12.1 Å². The summed E-state index contributed by atoms with van der Waals surface area (Å²) in [6.07, 6.45) is 5.58. The van der Waals surface area contributed by atoms with Gasteiger partial charge in [-0.2, -0.15) is 0 Å². The van der Waals surface area contributed by atoms with Crippen LogP contribution in [-0.4, -0.2) is 37.0 Å². The van der Waals surface area contributed by atoms with Gasteiger partial charge in [-0.05, 0) is 60.7 Å². The first-order valence-electron chi connectivity index (χ1n) is 11.2. The summed E-state index contributed by atoms with van der Waals surface area (Å²) in [4.78, 5) is 23.7. The Labute approximate surface area is 207 Å². The smallest absolute Gasteiger partial charge is 0.226 e. The van der Waals surface area contributed by atoms with E-state index in [0.29, 0.717) is 11.7 Å². The number of para-hydroxylation sites is 1. The van der Waals surface area contributed by atoms with E-state index >= 15 is 0 Å². The lowest BCUT2D eigenvalue weighted by Gasteiger charge is -2.28. The number of hydrogen-bond acceptors (Lipinski definition) is 4. The lowest BCUT2D eigenvalue weighted by atomic mass is 10.0. The number of carbonyl (C=O) groups excluding carboxylic acids is 1. The van der Waals surface area contributed by atoms with Crippen molar-refractivity contribution in [1.82, 2.24) is 24.8 Å². The molecule has 176 valence electrons. The van der Waals surface area contributed by atoms with Crippen LogP contribution in [0.3, 0.4) is 0 Å². The van der Waals surface area contributed by atoms with Crippen LogP contribution in [0.4, 0.5) is 10.1 Å². The minimum atomic E-state index is -0.472. The minimum Gasteiger partial charge on any atom is -0.352 e. The van der Waals surface area contributed by atoms with E-state index in [-0.39, 0.29) is 30.1 Å². The first kappa shape index (κ1) is 22.7. The van der Waals surface area contributed by atoms with Crippen LogP contribution in [0.25, 0.3) is 5.82 Å². The lowest BCUT2D eigenvalue weighted by molar-refractivity contribution is -0.116. The number of aromatic nitrogens is 3. The molecule has 4 aromatic rings. The molecule has 9 heteroatoms. The molecule has 0 spiro atoms. The van der Waals surface area contributed by atoms with Crippen molar-refractivity contribution in [3.63, 3.8) is 0 Å². The van der Waals surface area contributed by atoms with Gasteiger partial charge in [0.15, 0.2) is 5.11 Å². The van der Waals surface area contributed by atoms with Gasteiger partial charge in [0, 0.05) is 37.3 Å². The molecular formula is C26H23FN6OS. The summed E-state index contributed by atoms with van der Waals surface area (Å²) in [5.74, 6) is 0.0147. The van der Waals surface area contributed by atoms with Gasteiger partial charge >= 0.3 is 0 Å². The van der Waals surface area contributed by atoms with Crippen molar-refractivity contribution in [1.29, 1.82) is 0 Å². The summed E-state index contributed by atoms with van der Waals surface area (Å²) in [6, 6.07) is 21.1. The zero-order valence-electron chi connectivity index (χ0n) is 18.7. The van der Waals surface area contributed by atoms with Crippen molar-refractivity contribution in [3.05, 3.63) is 109 Å². The standard InChI is InChI=1S/C26H23FN6OS/c27-18-8-1-2-9-19(18)30-23(34)13-17-33-25(24(31-26(33)35)20-10-3-5-14-28-20)21-11-7-16-32(21)22-12-4-6-15-29-22/h1-12,14-16,24-25H,13,17H2,(H,30,34)(H,31,35)/t24-,25-/m1/s1. The van der Waals surface area contributed by atoms with E-state index in [1.807, 2.05) is 64.2 Å². The van der Waals surface area contributed by atoms with Crippen molar-refractivity contribution in [2.24, 2.45) is 0 Å². The first-order valence-corrected chi connectivity index (χ1v) is 11.6. The summed E-state index contributed by atoms with van der Waals surface area (Å²) in [5, 5.41) is 6.56. The van der Waals surface area contributed by atoms with Gasteiger partial charge in [-0.1, -0.05) is 24.3 Å². The zero-order chi connectivity index (χ0) is 24.2. The van der Waals surface area contributed by atoms with Crippen LogP contribution < -0.4 is 10.6 Å². The van der Waals surface area contributed by atoms with Crippen molar-refractivity contribution in [2.45, 2.75) is 18.5 Å². The Kier molecular flexibility index (Phi) is 6.49. The Balaban J connectivity index is 1.44. The summed E-state index contributed by atoms with van der Waals surface area (Å²) in [6.45, 7) is 0.341. The van der Waals surface area contributed by atoms with E-state index in [0.717, 1.165) is 17.2 Å². The molecule has 0 unspecified atom stereocenters. The maximum absolute atomic E-state index is 14.0. The van der Waals surface area contributed by atoms with Crippen LogP contribution in [0.2, 0.25) is 0 Å². The summed E-state index contributed by atoms with van der Waals surface area (Å²) in [5.41, 5.74) is 1.96. The predicted molar refractivity (Wildman–Crippen MR) is 135 cm³/mol. The number of hydrogen-bond donors (Lipinski definition) is 2. The molecule has 0 bridgehead atoms. The third-order valence-electron chi connectivity index (χ3n) is 5.90. The molecule has 1 saturated heterocycles. The Morgan fingerprint density at radius 1 is 1.00 bits per heavy atom. The topological polar surface area (TPSA) is 75.1 Å². The van der Waals surface area contributed by atoms with E-state index in [4.69, 9.17) is 12.2 Å². The molecule has 2 N–H and O–H groups in total. The quantitative estimate of drug-likeness (QED) is 0.377. The van der Waals surface area contributed by atoms with Crippen molar-refractivity contribution in [2.75, 3.05) is 11.9 Å². The number of pyridine rings is 2. The summed E-state index contributed by atoms with van der Waals surface area (Å²) < 4.78 is 16.0. The molecule has 1 amide bonds. The van der Waals surface area contributed by atoms with E-state index in [2.05, 4.69) is 20.6 Å². The average Bonchev–Trinajstić information content (AvgIpc) is 3.49. The van der Waals surface area contributed by atoms with Gasteiger partial charge in [0.25, 0.3) is 0 Å². The molecule has 4 heterocycles. The normalized spacial score (nSPS) is 17.3. The number of halogens is 1. The monoisotopic (exact) mass is 486 g/mol. The van der Waals surface area contributed by atoms with Crippen LogP contribution in [0.1, 0.15) is 29.9 Å². The fourth-order valence-electron chi connectivity index (χ4n) is 4.31. The molecule has 1 aromatic carbocycles. The molecule has 0 radical (unpaired) electrons. The molecule has 2 atom stereocenters. The van der Waals surface area contributed by atoms with Gasteiger partial charge in [0.2, 0.25) is 5.91 Å². The lowest BCUT2D eigenvalue weighted by Crippen LogP contribution is -2.33. The number of thiocarbonyl (C=S) groups is 1. The van der Waals surface area contributed by atoms with Crippen molar-refractivity contribution in [3.8, 4) is 5.82 Å². The van der Waals surface area contributed by atoms with Gasteiger partial charge in [-0.25, -0.2) is 9.37 Å². The molecule has 35 heavy (non-hydrogen) atoms. The Bertz CT molecular complexity index is 1330. The highest BCUT2D eigenvalue weighted by Gasteiger charge is 2.41. The highest BCUT2D eigenvalue weighted by molar-refractivity contribution is 7.80. The molecule has 1 fully saturated rings. The highest BCUT2D eigenvalue weighted by Crippen LogP contribution is 2.39. The Morgan fingerprint density at radius 2 is 1.77 bits per heavy atom. The number of carbonyl (C=O) groups is 1. The predicted octanol–water partition coefficient (Wildman–Crippen LogP) is 4.41. The first-order chi connectivity index (χ1) is 17.1. The second-order valence-corrected chi connectivity index (χ2v) is 8.48. The van der Waals surface area contributed by atoms with Crippen LogP contribution in [0.15, 0.2) is 91.4 Å². The van der Waals surface area contributed by atoms with Crippen LogP contribution in [0.5, 0.6) is 0 Å². The number of benzene rings is 1. The maximum atomic E-state index is 14.0. The summed E-state index contributed by atoms with van der Waals surface area (Å²) in [7, 11) is 0. The molecule has 5 rings (SSSR count). The van der Waals surface area contributed by atoms with Gasteiger partial charge in [0.1, 0.15) is 11.6 Å². The highest BCUT2D eigenvalue weighted by atomic mass is 32.1. The fourth-order valence-corrected chi connectivity index (χ4v) is 4.64. The largest absolute Gasteiger partial charge is 0.352 e. The van der Waals surface area contributed by atoms with E-state index in [1.54, 1.807) is 24.5 Å². The molecule has 3 aromatic heterocycles. The molecule has 1 aliphatic rings. The number of amides is 1. The van der Waals surface area contributed by atoms with Gasteiger partial charge in [0.05, 0.1) is 23.5 Å². The summed E-state index contributed by atoms with van der Waals surface area (Å²) >= 11 is 5.70. The molecule has 1 aliphatic heterocycles. The number of rotatable bonds is 7. The third kappa shape index (κ3) is 4.76. The van der Waals surface area contributed by atoms with E-state index in [9.17, 15) is 9.18 Å². The number of nitrogens with one attached hydrogen (secondary N) is 2. The third-order valence-corrected chi connectivity index (χ3v) is 6.26. The molecule has 0 saturated carbocycles. The van der Waals surface area contributed by atoms with Gasteiger partial charge in [-0.15, -0.1) is 0 Å². The van der Waals surface area contributed by atoms with Gasteiger partial charge in [-0.3, -0.25) is 9.78 Å². The number of anilines is 1. The van der Waals surface area contributed by atoms with Crippen LogP contribution in [-0.2, 0) is 4.79 Å². The zero-order valence-corrected chi connectivity index (χ0v) is 19.5. The minimum absolute atomic E-state index is 0.131. The van der Waals surface area contributed by atoms with Crippen molar-refractivity contribution >= 4 is 28.9 Å². The fraction of sp³-hybridized carbons (Fsp3) is 0.154. The Morgan fingerprint density at radius 3 is 2.51 bits per heavy atom. The maximum Gasteiger partial charge on any atom is 0.226 e. The Hall–Kier alpha value is -4.11. The van der Waals surface area contributed by atoms with E-state index < -0.39 is 5.82 Å². The number of nitrogens with zero attached hydrogens (tertiary/aromatic N) is 4. The van der Waals surface area contributed by atoms with Gasteiger partial charge < -0.3 is 20.1 Å². The average molecular weight is 487 g/mol. The molecule has 0 aliphatic carbocycles. The molecular weight excluding hydrogens is 463 g/mol. The second kappa shape index (κ2) is 10.0.